The van der Waals surface area contributed by atoms with Gasteiger partial charge in [-0.1, -0.05) is 0 Å². The van der Waals surface area contributed by atoms with Crippen LogP contribution in [0.15, 0.2) is 11.4 Å². The first-order chi connectivity index (χ1) is 10.4. The minimum absolute atomic E-state index is 0.163. The maximum absolute atomic E-state index is 12.2. The number of likely N-dealkylation sites (tertiary alicyclic amines) is 1. The van der Waals surface area contributed by atoms with E-state index in [0.717, 1.165) is 38.9 Å². The van der Waals surface area contributed by atoms with E-state index < -0.39 is 5.60 Å². The third-order valence-corrected chi connectivity index (χ3v) is 4.94. The zero-order chi connectivity index (χ0) is 16.2. The first-order valence-electron chi connectivity index (χ1n) is 8.10. The summed E-state index contributed by atoms with van der Waals surface area (Å²) in [5.41, 5.74) is 0.938. The predicted molar refractivity (Wildman–Crippen MR) is 91.3 cm³/mol. The Morgan fingerprint density at radius 1 is 1.50 bits per heavy atom. The molecule has 1 amide bonds. The van der Waals surface area contributed by atoms with Gasteiger partial charge in [0, 0.05) is 24.0 Å². The summed E-state index contributed by atoms with van der Waals surface area (Å²) in [5, 5.41) is 5.63. The van der Waals surface area contributed by atoms with E-state index in [-0.39, 0.29) is 6.09 Å². The van der Waals surface area contributed by atoms with Crippen molar-refractivity contribution in [1.29, 1.82) is 0 Å². The lowest BCUT2D eigenvalue weighted by molar-refractivity contribution is 0.0221. The van der Waals surface area contributed by atoms with Crippen molar-refractivity contribution in [2.75, 3.05) is 13.1 Å². The van der Waals surface area contributed by atoms with Crippen LogP contribution in [0.1, 0.15) is 50.5 Å². The zero-order valence-electron chi connectivity index (χ0n) is 14.1. The minimum Gasteiger partial charge on any atom is -0.444 e. The number of carbonyl (C=O) groups excluding carboxylic acids is 1. The molecular weight excluding hydrogens is 296 g/mol. The number of amides is 1. The molecule has 1 atom stereocenters. The number of carbonyl (C=O) groups is 1. The fourth-order valence-corrected chi connectivity index (χ4v) is 3.63. The van der Waals surface area contributed by atoms with Crippen molar-refractivity contribution in [2.45, 2.75) is 65.1 Å². The summed E-state index contributed by atoms with van der Waals surface area (Å²) in [4.78, 5) is 15.5. The Bertz CT molecular complexity index is 493. The highest BCUT2D eigenvalue weighted by molar-refractivity contribution is 7.10. The lowest BCUT2D eigenvalue weighted by Crippen LogP contribution is -2.40. The summed E-state index contributed by atoms with van der Waals surface area (Å²) in [6, 6.07) is 2.47. The number of ether oxygens (including phenoxy) is 1. The molecule has 1 aliphatic rings. The zero-order valence-corrected chi connectivity index (χ0v) is 15.0. The van der Waals surface area contributed by atoms with E-state index in [1.54, 1.807) is 11.3 Å². The fourth-order valence-electron chi connectivity index (χ4n) is 2.75. The summed E-state index contributed by atoms with van der Waals surface area (Å²) in [6.07, 6.45) is 2.99. The molecular formula is C17H28N2O2S. The highest BCUT2D eigenvalue weighted by Crippen LogP contribution is 2.23. The van der Waals surface area contributed by atoms with E-state index >= 15 is 0 Å². The Morgan fingerprint density at radius 2 is 2.27 bits per heavy atom. The molecule has 1 unspecified atom stereocenters. The van der Waals surface area contributed by atoms with Gasteiger partial charge in [0.1, 0.15) is 5.60 Å². The number of nitrogens with one attached hydrogen (secondary N) is 1. The van der Waals surface area contributed by atoms with Gasteiger partial charge in [0.2, 0.25) is 0 Å². The topological polar surface area (TPSA) is 41.6 Å². The Kier molecular flexibility index (Phi) is 5.87. The van der Waals surface area contributed by atoms with Crippen molar-refractivity contribution in [3.05, 3.63) is 21.9 Å². The molecule has 124 valence electrons. The summed E-state index contributed by atoms with van der Waals surface area (Å²) in [6.45, 7) is 10.6. The van der Waals surface area contributed by atoms with E-state index in [9.17, 15) is 4.79 Å². The molecule has 1 aromatic rings. The molecule has 0 bridgehead atoms. The van der Waals surface area contributed by atoms with Crippen LogP contribution in [-0.2, 0) is 11.3 Å². The number of hydrogen-bond acceptors (Lipinski definition) is 4. The van der Waals surface area contributed by atoms with E-state index in [4.69, 9.17) is 4.74 Å². The summed E-state index contributed by atoms with van der Waals surface area (Å²) in [7, 11) is 0. The van der Waals surface area contributed by atoms with Crippen molar-refractivity contribution in [2.24, 2.45) is 0 Å². The van der Waals surface area contributed by atoms with Crippen molar-refractivity contribution in [3.8, 4) is 0 Å². The van der Waals surface area contributed by atoms with Crippen LogP contribution < -0.4 is 5.32 Å². The van der Waals surface area contributed by atoms with Crippen molar-refractivity contribution in [1.82, 2.24) is 10.2 Å². The molecule has 1 fully saturated rings. The predicted octanol–water partition coefficient (Wildman–Crippen LogP) is 3.94. The van der Waals surface area contributed by atoms with Crippen LogP contribution in [0.3, 0.4) is 0 Å². The van der Waals surface area contributed by atoms with Crippen molar-refractivity contribution >= 4 is 17.4 Å². The van der Waals surface area contributed by atoms with Crippen LogP contribution in [0.4, 0.5) is 4.79 Å². The standard InChI is InChI=1S/C17H28N2O2S/c1-13-8-11-22-15(13)12-18-9-7-14-6-5-10-19(14)16(20)21-17(2,3)4/h8,11,14,18H,5-7,9-10,12H2,1-4H3. The molecule has 2 rings (SSSR count). The SMILES string of the molecule is Cc1ccsc1CNCCC1CCCN1C(=O)OC(C)(C)C. The van der Waals surface area contributed by atoms with Gasteiger partial charge in [0.25, 0.3) is 0 Å². The van der Waals surface area contributed by atoms with Gasteiger partial charge < -0.3 is 15.0 Å². The van der Waals surface area contributed by atoms with Gasteiger partial charge in [0.15, 0.2) is 0 Å². The van der Waals surface area contributed by atoms with E-state index in [1.165, 1.54) is 10.4 Å². The van der Waals surface area contributed by atoms with E-state index in [1.807, 2.05) is 25.7 Å². The molecule has 0 saturated carbocycles. The fraction of sp³-hybridized carbons (Fsp3) is 0.706. The molecule has 2 heterocycles. The van der Waals surface area contributed by atoms with Gasteiger partial charge in [-0.2, -0.15) is 0 Å². The van der Waals surface area contributed by atoms with Gasteiger partial charge in [-0.25, -0.2) is 4.79 Å². The van der Waals surface area contributed by atoms with Crippen LogP contribution >= 0.6 is 11.3 Å². The van der Waals surface area contributed by atoms with Gasteiger partial charge >= 0.3 is 6.09 Å². The molecule has 5 heteroatoms. The average molecular weight is 324 g/mol. The molecule has 0 radical (unpaired) electrons. The Balaban J connectivity index is 1.74. The third kappa shape index (κ3) is 4.99. The molecule has 4 nitrogen and oxygen atoms in total. The minimum atomic E-state index is -0.417. The summed E-state index contributed by atoms with van der Waals surface area (Å²) >= 11 is 1.80. The first kappa shape index (κ1) is 17.3. The van der Waals surface area contributed by atoms with Gasteiger partial charge in [0.05, 0.1) is 0 Å². The van der Waals surface area contributed by atoms with Crippen LogP contribution in [0.25, 0.3) is 0 Å². The molecule has 0 aromatic carbocycles. The number of nitrogens with zero attached hydrogens (tertiary/aromatic N) is 1. The number of rotatable bonds is 5. The van der Waals surface area contributed by atoms with E-state index in [2.05, 4.69) is 23.7 Å². The monoisotopic (exact) mass is 324 g/mol. The second-order valence-corrected chi connectivity index (χ2v) is 7.96. The second kappa shape index (κ2) is 7.47. The van der Waals surface area contributed by atoms with Crippen molar-refractivity contribution < 1.29 is 9.53 Å². The normalized spacial score (nSPS) is 18.7. The number of aryl methyl sites for hydroxylation is 1. The molecule has 0 aliphatic carbocycles. The van der Waals surface area contributed by atoms with Crippen LogP contribution in [0.2, 0.25) is 0 Å². The number of thiophene rings is 1. The van der Waals surface area contributed by atoms with Crippen LogP contribution in [0, 0.1) is 6.92 Å². The van der Waals surface area contributed by atoms with Crippen molar-refractivity contribution in [3.63, 3.8) is 0 Å². The molecule has 1 aromatic heterocycles. The average Bonchev–Trinajstić information content (AvgIpc) is 3.02. The number of hydrogen-bond donors (Lipinski definition) is 1. The highest BCUT2D eigenvalue weighted by Gasteiger charge is 2.31. The Labute approximate surface area is 137 Å². The molecule has 0 spiro atoms. The summed E-state index contributed by atoms with van der Waals surface area (Å²) < 4.78 is 5.50. The maximum Gasteiger partial charge on any atom is 0.410 e. The highest BCUT2D eigenvalue weighted by atomic mass is 32.1. The van der Waals surface area contributed by atoms with Gasteiger partial charge in [-0.15, -0.1) is 11.3 Å². The second-order valence-electron chi connectivity index (χ2n) is 6.96. The summed E-state index contributed by atoms with van der Waals surface area (Å²) in [5.74, 6) is 0. The Morgan fingerprint density at radius 3 is 2.91 bits per heavy atom. The van der Waals surface area contributed by atoms with Gasteiger partial charge in [-0.05, 0) is 70.5 Å². The molecule has 1 N–H and O–H groups in total. The molecule has 1 aliphatic heterocycles. The maximum atomic E-state index is 12.2. The van der Waals surface area contributed by atoms with Gasteiger partial charge in [-0.3, -0.25) is 0 Å². The first-order valence-corrected chi connectivity index (χ1v) is 8.98. The van der Waals surface area contributed by atoms with Crippen LogP contribution in [0.5, 0.6) is 0 Å². The quantitative estimate of drug-likeness (QED) is 0.834. The lowest BCUT2D eigenvalue weighted by Gasteiger charge is -2.28. The Hall–Kier alpha value is -1.07. The third-order valence-electron chi connectivity index (χ3n) is 3.91. The molecule has 1 saturated heterocycles. The van der Waals surface area contributed by atoms with E-state index in [0.29, 0.717) is 6.04 Å². The van der Waals surface area contributed by atoms with Crippen LogP contribution in [-0.4, -0.2) is 35.7 Å². The largest absolute Gasteiger partial charge is 0.444 e. The lowest BCUT2D eigenvalue weighted by atomic mass is 10.1. The molecule has 22 heavy (non-hydrogen) atoms. The smallest absolute Gasteiger partial charge is 0.410 e.